The highest BCUT2D eigenvalue weighted by Crippen LogP contribution is 2.35. The average Bonchev–Trinajstić information content (AvgIpc) is 2.48. The quantitative estimate of drug-likeness (QED) is 0.690. The largest absolute Gasteiger partial charge is 0.487 e. The van der Waals surface area contributed by atoms with Crippen LogP contribution < -0.4 is 4.74 Å². The van der Waals surface area contributed by atoms with E-state index in [-0.39, 0.29) is 6.61 Å². The lowest BCUT2D eigenvalue weighted by molar-refractivity contribution is 0.302. The third kappa shape index (κ3) is 4.93. The lowest BCUT2D eigenvalue weighted by Crippen LogP contribution is -1.98. The molecule has 0 aliphatic carbocycles. The van der Waals surface area contributed by atoms with Crippen LogP contribution in [0.25, 0.3) is 0 Å². The third-order valence-corrected chi connectivity index (χ3v) is 4.17. The third-order valence-electron chi connectivity index (χ3n) is 2.99. The fourth-order valence-electron chi connectivity index (χ4n) is 1.86. The number of aliphatic hydroxyl groups is 1. The fourth-order valence-corrected chi connectivity index (χ4v) is 3.31. The molecule has 0 unspecified atom stereocenters. The summed E-state index contributed by atoms with van der Waals surface area (Å²) in [7, 11) is 0. The molecule has 0 bridgehead atoms. The Hall–Kier alpha value is -1.17. The van der Waals surface area contributed by atoms with Gasteiger partial charge in [-0.1, -0.05) is 29.8 Å². The van der Waals surface area contributed by atoms with Gasteiger partial charge in [0.2, 0.25) is 0 Å². The predicted molar refractivity (Wildman–Crippen MR) is 96.9 cm³/mol. The van der Waals surface area contributed by atoms with Crippen LogP contribution in [0.5, 0.6) is 5.75 Å². The van der Waals surface area contributed by atoms with E-state index in [4.69, 9.17) is 9.84 Å². The number of rotatable bonds is 6. The molecule has 0 amide bonds. The first-order chi connectivity index (χ1) is 10.6. The molecule has 0 fully saturated rings. The normalized spacial score (nSPS) is 11.1. The van der Waals surface area contributed by atoms with Gasteiger partial charge in [0.1, 0.15) is 12.4 Å². The van der Waals surface area contributed by atoms with Gasteiger partial charge >= 0.3 is 0 Å². The molecule has 2 aromatic rings. The predicted octanol–water partition coefficient (Wildman–Crippen LogP) is 4.51. The van der Waals surface area contributed by atoms with E-state index in [0.717, 1.165) is 25.8 Å². The summed E-state index contributed by atoms with van der Waals surface area (Å²) >= 11 is 7.05. The van der Waals surface area contributed by atoms with Crippen molar-refractivity contribution in [2.45, 2.75) is 13.5 Å². The number of nitrogens with zero attached hydrogens (tertiary/aromatic N) is 1. The summed E-state index contributed by atoms with van der Waals surface area (Å²) in [4.78, 5) is 4.12. The van der Waals surface area contributed by atoms with Crippen molar-refractivity contribution in [3.05, 3.63) is 62.0 Å². The molecule has 1 N–H and O–H groups in total. The van der Waals surface area contributed by atoms with Crippen molar-refractivity contribution >= 4 is 38.1 Å². The van der Waals surface area contributed by atoms with Crippen LogP contribution in [0.1, 0.15) is 16.7 Å². The Bertz CT molecular complexity index is 631. The molecule has 0 saturated carbocycles. The highest BCUT2D eigenvalue weighted by Gasteiger charge is 2.08. The maximum absolute atomic E-state index is 8.74. The van der Waals surface area contributed by atoms with Gasteiger partial charge < -0.3 is 9.84 Å². The van der Waals surface area contributed by atoms with Gasteiger partial charge in [-0.3, -0.25) is 4.99 Å². The first kappa shape index (κ1) is 17.2. The summed E-state index contributed by atoms with van der Waals surface area (Å²) < 4.78 is 7.62. The molecule has 2 aromatic carbocycles. The zero-order chi connectivity index (χ0) is 15.9. The molecule has 0 atom stereocenters. The maximum atomic E-state index is 8.74. The monoisotopic (exact) mass is 425 g/mol. The number of halogens is 2. The molecule has 0 radical (unpaired) electrons. The Morgan fingerprint density at radius 2 is 1.77 bits per heavy atom. The second-order valence-corrected chi connectivity index (χ2v) is 6.56. The van der Waals surface area contributed by atoms with Gasteiger partial charge in [0.05, 0.1) is 22.1 Å². The van der Waals surface area contributed by atoms with E-state index < -0.39 is 0 Å². The standard InChI is InChI=1S/C17H17Br2NO2/c1-12-2-4-13(5-3-12)11-22-17-15(18)8-14(9-16(17)19)10-20-6-7-21/h2-5,8-10,21H,6-7,11H2,1H3. The van der Waals surface area contributed by atoms with Gasteiger partial charge in [-0.15, -0.1) is 0 Å². The van der Waals surface area contributed by atoms with Gasteiger partial charge in [-0.2, -0.15) is 0 Å². The smallest absolute Gasteiger partial charge is 0.148 e. The number of hydrogen-bond donors (Lipinski definition) is 1. The number of benzene rings is 2. The molecule has 22 heavy (non-hydrogen) atoms. The minimum atomic E-state index is 0.0522. The van der Waals surface area contributed by atoms with Crippen LogP contribution in [-0.2, 0) is 6.61 Å². The fraction of sp³-hybridized carbons (Fsp3) is 0.235. The first-order valence-corrected chi connectivity index (χ1v) is 8.47. The molecule has 0 aliphatic rings. The Morgan fingerprint density at radius 3 is 2.36 bits per heavy atom. The SMILES string of the molecule is Cc1ccc(COc2c(Br)cc(C=NCCO)cc2Br)cc1. The number of ether oxygens (including phenoxy) is 1. The van der Waals surface area contributed by atoms with E-state index in [1.54, 1.807) is 6.21 Å². The number of aliphatic hydroxyl groups excluding tert-OH is 1. The van der Waals surface area contributed by atoms with Crippen LogP contribution in [-0.4, -0.2) is 24.5 Å². The summed E-state index contributed by atoms with van der Waals surface area (Å²) in [5.74, 6) is 0.764. The molecular weight excluding hydrogens is 410 g/mol. The van der Waals surface area contributed by atoms with Crippen LogP contribution in [0.3, 0.4) is 0 Å². The molecule has 0 saturated heterocycles. The van der Waals surface area contributed by atoms with Crippen LogP contribution in [0.15, 0.2) is 50.3 Å². The topological polar surface area (TPSA) is 41.8 Å². The molecule has 3 nitrogen and oxygen atoms in total. The second-order valence-electron chi connectivity index (χ2n) is 4.85. The van der Waals surface area contributed by atoms with E-state index >= 15 is 0 Å². The lowest BCUT2D eigenvalue weighted by atomic mass is 10.2. The maximum Gasteiger partial charge on any atom is 0.148 e. The van der Waals surface area contributed by atoms with Gasteiger partial charge in [0, 0.05) is 6.21 Å². The van der Waals surface area contributed by atoms with Crippen LogP contribution in [0.4, 0.5) is 0 Å². The molecule has 0 aliphatic heterocycles. The Balaban J connectivity index is 2.09. The van der Waals surface area contributed by atoms with E-state index in [9.17, 15) is 0 Å². The first-order valence-electron chi connectivity index (χ1n) is 6.88. The molecule has 2 rings (SSSR count). The molecule has 0 spiro atoms. The van der Waals surface area contributed by atoms with Crippen molar-refractivity contribution in [2.75, 3.05) is 13.2 Å². The summed E-state index contributed by atoms with van der Waals surface area (Å²) in [5.41, 5.74) is 3.30. The molecule has 0 heterocycles. The van der Waals surface area contributed by atoms with E-state index in [2.05, 4.69) is 68.0 Å². The molecule has 5 heteroatoms. The minimum Gasteiger partial charge on any atom is -0.487 e. The molecule has 116 valence electrons. The van der Waals surface area contributed by atoms with Gasteiger partial charge in [-0.25, -0.2) is 0 Å². The van der Waals surface area contributed by atoms with Crippen LogP contribution in [0, 0.1) is 6.92 Å². The highest BCUT2D eigenvalue weighted by molar-refractivity contribution is 9.11. The summed E-state index contributed by atoms with van der Waals surface area (Å²) in [5, 5.41) is 8.74. The minimum absolute atomic E-state index is 0.0522. The van der Waals surface area contributed by atoms with Crippen LogP contribution in [0.2, 0.25) is 0 Å². The summed E-state index contributed by atoms with van der Waals surface area (Å²) in [6.45, 7) is 3.03. The number of aryl methyl sites for hydroxylation is 1. The van der Waals surface area contributed by atoms with E-state index in [1.807, 2.05) is 12.1 Å². The van der Waals surface area contributed by atoms with Crippen molar-refractivity contribution in [2.24, 2.45) is 4.99 Å². The van der Waals surface area contributed by atoms with Gasteiger partial charge in [0.25, 0.3) is 0 Å². The number of aliphatic imine (C=N–C) groups is 1. The zero-order valence-corrected chi connectivity index (χ0v) is 15.4. The molecule has 0 aromatic heterocycles. The average molecular weight is 427 g/mol. The summed E-state index contributed by atoms with van der Waals surface area (Å²) in [6, 6.07) is 12.2. The number of hydrogen-bond acceptors (Lipinski definition) is 3. The van der Waals surface area contributed by atoms with Crippen LogP contribution >= 0.6 is 31.9 Å². The van der Waals surface area contributed by atoms with Gasteiger partial charge in [0.15, 0.2) is 0 Å². The van der Waals surface area contributed by atoms with Gasteiger partial charge in [-0.05, 0) is 62.0 Å². The van der Waals surface area contributed by atoms with Crippen molar-refractivity contribution in [3.8, 4) is 5.75 Å². The van der Waals surface area contributed by atoms with Crippen molar-refractivity contribution < 1.29 is 9.84 Å². The Kier molecular flexibility index (Phi) is 6.61. The summed E-state index contributed by atoms with van der Waals surface area (Å²) in [6.07, 6.45) is 1.73. The zero-order valence-electron chi connectivity index (χ0n) is 12.2. The lowest BCUT2D eigenvalue weighted by Gasteiger charge is -2.11. The van der Waals surface area contributed by atoms with Crippen molar-refractivity contribution in [1.29, 1.82) is 0 Å². The Labute approximate surface area is 147 Å². The van der Waals surface area contributed by atoms with E-state index in [0.29, 0.717) is 13.2 Å². The Morgan fingerprint density at radius 1 is 1.14 bits per heavy atom. The molecular formula is C17H17Br2NO2. The van der Waals surface area contributed by atoms with Crippen molar-refractivity contribution in [1.82, 2.24) is 0 Å². The van der Waals surface area contributed by atoms with E-state index in [1.165, 1.54) is 5.56 Å². The highest BCUT2D eigenvalue weighted by atomic mass is 79.9. The van der Waals surface area contributed by atoms with Crippen molar-refractivity contribution in [3.63, 3.8) is 0 Å². The second kappa shape index (κ2) is 8.46.